The number of carbonyl (C=O) groups is 2. The van der Waals surface area contributed by atoms with Gasteiger partial charge in [-0.15, -0.1) is 0 Å². The number of hydrogen-bond acceptors (Lipinski definition) is 4. The third-order valence-electron chi connectivity index (χ3n) is 8.91. The minimum Gasteiger partial charge on any atom is -0.481 e. The van der Waals surface area contributed by atoms with E-state index in [-0.39, 0.29) is 18.3 Å². The van der Waals surface area contributed by atoms with E-state index in [9.17, 15) is 14.7 Å². The molecule has 4 rings (SSSR count). The normalized spacial score (nSPS) is 20.1. The summed E-state index contributed by atoms with van der Waals surface area (Å²) in [7, 11) is 0. The number of hydrogen-bond donors (Lipinski definition) is 1. The van der Waals surface area contributed by atoms with Gasteiger partial charge in [-0.25, -0.2) is 0 Å². The molecule has 1 N–H and O–H groups in total. The summed E-state index contributed by atoms with van der Waals surface area (Å²) in [6.07, 6.45) is 11.0. The number of Topliss-reactive ketones (excluding diaryl/α,β-unsaturated/α-hetero) is 1. The smallest absolute Gasteiger partial charge is 0.307 e. The molecule has 0 bridgehead atoms. The molecule has 1 heterocycles. The van der Waals surface area contributed by atoms with Crippen LogP contribution in [0.25, 0.3) is 0 Å². The third-order valence-corrected chi connectivity index (χ3v) is 8.91. The van der Waals surface area contributed by atoms with Crippen LogP contribution in [0.2, 0.25) is 0 Å². The van der Waals surface area contributed by atoms with Crippen molar-refractivity contribution >= 4 is 11.8 Å². The van der Waals surface area contributed by atoms with Crippen molar-refractivity contribution in [1.82, 2.24) is 4.98 Å². The predicted octanol–water partition coefficient (Wildman–Crippen LogP) is 6.50. The highest BCUT2D eigenvalue weighted by Gasteiger charge is 2.38. The molecule has 1 unspecified atom stereocenters. The summed E-state index contributed by atoms with van der Waals surface area (Å²) in [6.45, 7) is 4.43. The molecule has 1 aromatic heterocycles. The van der Waals surface area contributed by atoms with E-state index in [1.54, 1.807) is 0 Å². The number of carboxylic acid groups (broad SMARTS) is 1. The van der Waals surface area contributed by atoms with E-state index in [0.717, 1.165) is 37.7 Å². The molecular formula is C32H43NO4. The van der Waals surface area contributed by atoms with E-state index in [2.05, 4.69) is 12.1 Å². The summed E-state index contributed by atoms with van der Waals surface area (Å²) in [4.78, 5) is 30.3. The fourth-order valence-corrected chi connectivity index (χ4v) is 6.24. The maximum absolute atomic E-state index is 13.4. The van der Waals surface area contributed by atoms with E-state index in [1.165, 1.54) is 36.2 Å². The van der Waals surface area contributed by atoms with Gasteiger partial charge in [-0.1, -0.05) is 50.2 Å². The number of fused-ring (bicyclic) bond motifs is 1. The number of aliphatic carboxylic acids is 1. The number of aromatic nitrogens is 1. The zero-order valence-corrected chi connectivity index (χ0v) is 22.6. The zero-order valence-electron chi connectivity index (χ0n) is 22.6. The molecule has 5 heteroatoms. The van der Waals surface area contributed by atoms with Gasteiger partial charge in [0.15, 0.2) is 0 Å². The van der Waals surface area contributed by atoms with Gasteiger partial charge in [-0.2, -0.15) is 0 Å². The quantitative estimate of drug-likeness (QED) is 0.317. The summed E-state index contributed by atoms with van der Waals surface area (Å²) in [6, 6.07) is 14.3. The van der Waals surface area contributed by atoms with Gasteiger partial charge in [0.2, 0.25) is 0 Å². The Morgan fingerprint density at radius 3 is 2.49 bits per heavy atom. The molecule has 2 aromatic rings. The fourth-order valence-electron chi connectivity index (χ4n) is 6.24. The molecule has 37 heavy (non-hydrogen) atoms. The van der Waals surface area contributed by atoms with E-state index >= 15 is 0 Å². The van der Waals surface area contributed by atoms with Crippen LogP contribution in [0.3, 0.4) is 0 Å². The van der Waals surface area contributed by atoms with Crippen molar-refractivity contribution < 1.29 is 19.4 Å². The molecule has 1 aromatic carbocycles. The first-order valence-corrected chi connectivity index (χ1v) is 14.4. The number of nitrogens with zero attached hydrogens (tertiary/aromatic N) is 1. The highest BCUT2D eigenvalue weighted by molar-refractivity contribution is 5.92. The molecule has 2 aliphatic carbocycles. The Morgan fingerprint density at radius 2 is 1.78 bits per heavy atom. The van der Waals surface area contributed by atoms with E-state index in [1.807, 2.05) is 44.2 Å². The van der Waals surface area contributed by atoms with E-state index < -0.39 is 17.3 Å². The lowest BCUT2D eigenvalue weighted by Crippen LogP contribution is -2.37. The number of aryl methyl sites for hydroxylation is 3. The van der Waals surface area contributed by atoms with Crippen molar-refractivity contribution in [2.75, 3.05) is 6.61 Å². The number of benzene rings is 1. The summed E-state index contributed by atoms with van der Waals surface area (Å²) < 4.78 is 6.03. The first-order chi connectivity index (χ1) is 17.9. The SMILES string of the molecule is CCC(CC)(C(=O)CC(CCOC1CC(CCc2ccc3c(n2)CCCC3)C1)C(=O)O)c1ccccc1. The van der Waals surface area contributed by atoms with Gasteiger partial charge >= 0.3 is 5.97 Å². The van der Waals surface area contributed by atoms with Crippen molar-refractivity contribution in [2.45, 2.75) is 102 Å². The molecule has 0 amide bonds. The molecule has 1 saturated carbocycles. The van der Waals surface area contributed by atoms with Gasteiger partial charge in [-0.3, -0.25) is 14.6 Å². The number of ketones is 1. The standard InChI is InChI=1S/C32H43NO4/c1-3-32(4-2,26-11-6-5-7-12-26)30(34)22-25(31(35)36)18-19-37-28-20-23(21-28)14-16-27-17-15-24-10-8-9-13-29(24)33-27/h5-7,11-12,15,17,23,25,28H,3-4,8-10,13-14,16,18-22H2,1-2H3,(H,35,36). The molecular weight excluding hydrogens is 462 g/mol. The highest BCUT2D eigenvalue weighted by Crippen LogP contribution is 2.36. The van der Waals surface area contributed by atoms with Crippen molar-refractivity contribution in [3.05, 3.63) is 65.0 Å². The second kappa shape index (κ2) is 12.8. The van der Waals surface area contributed by atoms with Crippen molar-refractivity contribution in [3.63, 3.8) is 0 Å². The molecule has 1 fully saturated rings. The lowest BCUT2D eigenvalue weighted by molar-refractivity contribution is -0.146. The molecule has 200 valence electrons. The average molecular weight is 506 g/mol. The first-order valence-electron chi connectivity index (χ1n) is 14.4. The Kier molecular flexibility index (Phi) is 9.53. The minimum absolute atomic E-state index is 0.0237. The second-order valence-electron chi connectivity index (χ2n) is 11.1. The Labute approximate surface area is 222 Å². The van der Waals surface area contributed by atoms with Gasteiger partial charge in [0.25, 0.3) is 0 Å². The molecule has 0 aliphatic heterocycles. The molecule has 2 aliphatic rings. The number of carbonyl (C=O) groups excluding carboxylic acids is 1. The maximum atomic E-state index is 13.4. The second-order valence-corrected chi connectivity index (χ2v) is 11.1. The van der Waals surface area contributed by atoms with E-state index in [0.29, 0.717) is 31.8 Å². The Morgan fingerprint density at radius 1 is 1.05 bits per heavy atom. The summed E-state index contributed by atoms with van der Waals surface area (Å²) in [5, 5.41) is 9.82. The maximum Gasteiger partial charge on any atom is 0.307 e. The van der Waals surface area contributed by atoms with Crippen LogP contribution in [0.5, 0.6) is 0 Å². The van der Waals surface area contributed by atoms with E-state index in [4.69, 9.17) is 9.72 Å². The Balaban J connectivity index is 1.20. The van der Waals surface area contributed by atoms with Gasteiger partial charge < -0.3 is 9.84 Å². The Hall–Kier alpha value is -2.53. The monoisotopic (exact) mass is 505 g/mol. The molecule has 0 spiro atoms. The fraction of sp³-hybridized carbons (Fsp3) is 0.594. The summed E-state index contributed by atoms with van der Waals surface area (Å²) in [5.74, 6) is -0.939. The highest BCUT2D eigenvalue weighted by atomic mass is 16.5. The van der Waals surface area contributed by atoms with Gasteiger partial charge in [0.05, 0.1) is 17.4 Å². The third kappa shape index (κ3) is 6.67. The Bertz CT molecular complexity index is 1040. The van der Waals surface area contributed by atoms with Crippen LogP contribution in [0, 0.1) is 11.8 Å². The van der Waals surface area contributed by atoms with Gasteiger partial charge in [-0.05, 0) is 93.7 Å². The molecule has 1 atom stereocenters. The minimum atomic E-state index is -0.907. The van der Waals surface area contributed by atoms with Gasteiger partial charge in [0.1, 0.15) is 5.78 Å². The first kappa shape index (κ1) is 27.5. The number of rotatable bonds is 14. The van der Waals surface area contributed by atoms with Crippen LogP contribution in [0.1, 0.15) is 94.1 Å². The summed E-state index contributed by atoms with van der Waals surface area (Å²) in [5.41, 5.74) is 4.32. The summed E-state index contributed by atoms with van der Waals surface area (Å²) >= 11 is 0. The zero-order chi connectivity index (χ0) is 26.3. The molecule has 0 radical (unpaired) electrons. The average Bonchev–Trinajstić information content (AvgIpc) is 2.90. The van der Waals surface area contributed by atoms with Crippen LogP contribution >= 0.6 is 0 Å². The lowest BCUT2D eigenvalue weighted by Gasteiger charge is -2.35. The number of pyridine rings is 1. The largest absolute Gasteiger partial charge is 0.481 e. The number of carboxylic acids is 1. The van der Waals surface area contributed by atoms with Gasteiger partial charge in [0, 0.05) is 24.4 Å². The van der Waals surface area contributed by atoms with Crippen LogP contribution < -0.4 is 0 Å². The molecule has 0 saturated heterocycles. The number of ether oxygens (including phenoxy) is 1. The van der Waals surface area contributed by atoms with Crippen LogP contribution in [0.15, 0.2) is 42.5 Å². The topological polar surface area (TPSA) is 76.5 Å². The van der Waals surface area contributed by atoms with Crippen molar-refractivity contribution in [2.24, 2.45) is 11.8 Å². The van der Waals surface area contributed by atoms with Crippen LogP contribution in [-0.2, 0) is 39.0 Å². The van der Waals surface area contributed by atoms with Crippen molar-refractivity contribution in [1.29, 1.82) is 0 Å². The lowest BCUT2D eigenvalue weighted by atomic mass is 9.70. The van der Waals surface area contributed by atoms with Crippen LogP contribution in [-0.4, -0.2) is 34.6 Å². The predicted molar refractivity (Wildman–Crippen MR) is 146 cm³/mol. The van der Waals surface area contributed by atoms with Crippen LogP contribution in [0.4, 0.5) is 0 Å². The van der Waals surface area contributed by atoms with Crippen molar-refractivity contribution in [3.8, 4) is 0 Å². The molecule has 5 nitrogen and oxygen atoms in total.